The fourth-order valence-corrected chi connectivity index (χ4v) is 5.18. The van der Waals surface area contributed by atoms with Crippen LogP contribution in [0.1, 0.15) is 27.9 Å². The zero-order chi connectivity index (χ0) is 19.6. The van der Waals surface area contributed by atoms with Gasteiger partial charge in [-0.1, -0.05) is 30.3 Å². The molecule has 1 atom stereocenters. The highest BCUT2D eigenvalue weighted by Crippen LogP contribution is 2.24. The summed E-state index contributed by atoms with van der Waals surface area (Å²) in [6.07, 6.45) is 0.496. The Morgan fingerprint density at radius 2 is 1.74 bits per heavy atom. The maximum atomic E-state index is 13.3. The van der Waals surface area contributed by atoms with Gasteiger partial charge in [-0.25, -0.2) is 8.42 Å². The van der Waals surface area contributed by atoms with E-state index in [4.69, 9.17) is 0 Å². The Balaban J connectivity index is 1.90. The summed E-state index contributed by atoms with van der Waals surface area (Å²) in [6, 6.07) is 15.2. The van der Waals surface area contributed by atoms with Crippen LogP contribution in [0.5, 0.6) is 0 Å². The molecule has 0 bridgehead atoms. The first-order chi connectivity index (χ1) is 12.8. The van der Waals surface area contributed by atoms with Crippen molar-refractivity contribution in [1.29, 1.82) is 0 Å². The lowest BCUT2D eigenvalue weighted by Gasteiger charge is -2.29. The van der Waals surface area contributed by atoms with Crippen molar-refractivity contribution in [2.45, 2.75) is 25.9 Å². The molecule has 0 aliphatic carbocycles. The van der Waals surface area contributed by atoms with E-state index in [9.17, 15) is 13.2 Å². The van der Waals surface area contributed by atoms with Gasteiger partial charge in [-0.3, -0.25) is 4.79 Å². The van der Waals surface area contributed by atoms with E-state index in [1.165, 1.54) is 0 Å². The summed E-state index contributed by atoms with van der Waals surface area (Å²) >= 11 is 0. The molecule has 2 aromatic carbocycles. The average molecular weight is 387 g/mol. The standard InChI is InChI=1S/C21H26N2O3S/c1-16-6-4-5-7-20(16)21(24)23(19-12-13-27(25,26)15-19)14-17-8-10-18(11-9-17)22(2)3/h4-11,19H,12-15H2,1-3H3/t19-/m0/s1. The fourth-order valence-electron chi connectivity index (χ4n) is 3.45. The van der Waals surface area contributed by atoms with Gasteiger partial charge in [0, 0.05) is 37.9 Å². The zero-order valence-corrected chi connectivity index (χ0v) is 16.9. The second-order valence-corrected chi connectivity index (χ2v) is 9.59. The minimum atomic E-state index is -3.08. The van der Waals surface area contributed by atoms with E-state index >= 15 is 0 Å². The predicted octanol–water partition coefficient (Wildman–Crippen LogP) is 2.89. The maximum Gasteiger partial charge on any atom is 0.254 e. The Kier molecular flexibility index (Phi) is 5.56. The highest BCUT2D eigenvalue weighted by molar-refractivity contribution is 7.91. The van der Waals surface area contributed by atoms with Gasteiger partial charge in [0.05, 0.1) is 11.5 Å². The number of carbonyl (C=O) groups excluding carboxylic acids is 1. The first kappa shape index (κ1) is 19.4. The Morgan fingerprint density at radius 3 is 2.30 bits per heavy atom. The van der Waals surface area contributed by atoms with Gasteiger partial charge in [0.2, 0.25) is 0 Å². The molecule has 0 unspecified atom stereocenters. The van der Waals surface area contributed by atoms with Crippen molar-refractivity contribution in [2.75, 3.05) is 30.5 Å². The third-order valence-corrected chi connectivity index (χ3v) is 6.84. The van der Waals surface area contributed by atoms with E-state index in [0.29, 0.717) is 18.5 Å². The highest BCUT2D eigenvalue weighted by Gasteiger charge is 2.35. The first-order valence-corrected chi connectivity index (χ1v) is 10.9. The lowest BCUT2D eigenvalue weighted by Crippen LogP contribution is -2.40. The second-order valence-electron chi connectivity index (χ2n) is 7.37. The molecule has 27 heavy (non-hydrogen) atoms. The van der Waals surface area contributed by atoms with Crippen molar-refractivity contribution in [3.05, 3.63) is 65.2 Å². The number of benzene rings is 2. The molecule has 144 valence electrons. The molecule has 2 aromatic rings. The van der Waals surface area contributed by atoms with Crippen LogP contribution in [0.2, 0.25) is 0 Å². The van der Waals surface area contributed by atoms with Crippen LogP contribution in [0, 0.1) is 6.92 Å². The van der Waals surface area contributed by atoms with Crippen LogP contribution >= 0.6 is 0 Å². The van der Waals surface area contributed by atoms with E-state index < -0.39 is 9.84 Å². The van der Waals surface area contributed by atoms with Gasteiger partial charge in [-0.05, 0) is 42.7 Å². The molecule has 6 heteroatoms. The quantitative estimate of drug-likeness (QED) is 0.793. The van der Waals surface area contributed by atoms with E-state index in [0.717, 1.165) is 16.8 Å². The van der Waals surface area contributed by atoms with Crippen molar-refractivity contribution in [3.8, 4) is 0 Å². The van der Waals surface area contributed by atoms with Crippen molar-refractivity contribution < 1.29 is 13.2 Å². The lowest BCUT2D eigenvalue weighted by molar-refractivity contribution is 0.0680. The maximum absolute atomic E-state index is 13.3. The van der Waals surface area contributed by atoms with Crippen LogP contribution in [0.4, 0.5) is 5.69 Å². The van der Waals surface area contributed by atoms with Crippen LogP contribution in [-0.4, -0.2) is 50.9 Å². The smallest absolute Gasteiger partial charge is 0.254 e. The Bertz CT molecular complexity index is 921. The Hall–Kier alpha value is -2.34. The molecule has 0 saturated carbocycles. The third-order valence-electron chi connectivity index (χ3n) is 5.09. The molecule has 0 spiro atoms. The van der Waals surface area contributed by atoms with Gasteiger partial charge in [0.1, 0.15) is 0 Å². The lowest BCUT2D eigenvalue weighted by atomic mass is 10.0. The number of sulfone groups is 1. The van der Waals surface area contributed by atoms with E-state index in [2.05, 4.69) is 0 Å². The number of hydrogen-bond acceptors (Lipinski definition) is 4. The number of aryl methyl sites for hydroxylation is 1. The summed E-state index contributed by atoms with van der Waals surface area (Å²) in [4.78, 5) is 17.0. The molecule has 1 aliphatic rings. The highest BCUT2D eigenvalue weighted by atomic mass is 32.2. The van der Waals surface area contributed by atoms with Crippen molar-refractivity contribution >= 4 is 21.4 Å². The molecular formula is C21H26N2O3S. The van der Waals surface area contributed by atoms with Crippen molar-refractivity contribution in [3.63, 3.8) is 0 Å². The summed E-state index contributed by atoms with van der Waals surface area (Å²) in [5.41, 5.74) is 3.61. The SMILES string of the molecule is Cc1ccccc1C(=O)N(Cc1ccc(N(C)C)cc1)[C@H]1CCS(=O)(=O)C1. The largest absolute Gasteiger partial charge is 0.378 e. The first-order valence-electron chi connectivity index (χ1n) is 9.10. The number of anilines is 1. The number of amides is 1. The zero-order valence-electron chi connectivity index (χ0n) is 16.1. The molecule has 5 nitrogen and oxygen atoms in total. The minimum absolute atomic E-state index is 0.0421. The topological polar surface area (TPSA) is 57.7 Å². The third kappa shape index (κ3) is 4.50. The summed E-state index contributed by atoms with van der Waals surface area (Å²) in [6.45, 7) is 2.31. The van der Waals surface area contributed by atoms with Gasteiger partial charge in [-0.15, -0.1) is 0 Å². The Morgan fingerprint density at radius 1 is 1.07 bits per heavy atom. The van der Waals surface area contributed by atoms with Gasteiger partial charge < -0.3 is 9.80 Å². The monoisotopic (exact) mass is 386 g/mol. The number of carbonyl (C=O) groups is 1. The average Bonchev–Trinajstić information content (AvgIpc) is 2.99. The summed E-state index contributed by atoms with van der Waals surface area (Å²) in [7, 11) is 0.880. The molecule has 0 N–H and O–H groups in total. The molecular weight excluding hydrogens is 360 g/mol. The normalized spacial score (nSPS) is 18.3. The number of nitrogens with zero attached hydrogens (tertiary/aromatic N) is 2. The van der Waals surface area contributed by atoms with E-state index in [-0.39, 0.29) is 23.5 Å². The molecule has 0 radical (unpaired) electrons. The molecule has 1 fully saturated rings. The minimum Gasteiger partial charge on any atom is -0.378 e. The molecule has 0 aromatic heterocycles. The second kappa shape index (κ2) is 7.72. The van der Waals surface area contributed by atoms with Crippen LogP contribution in [0.15, 0.2) is 48.5 Å². The molecule has 1 aliphatic heterocycles. The van der Waals surface area contributed by atoms with Crippen LogP contribution in [-0.2, 0) is 16.4 Å². The van der Waals surface area contributed by atoms with Gasteiger partial charge in [0.15, 0.2) is 9.84 Å². The molecule has 1 heterocycles. The number of hydrogen-bond donors (Lipinski definition) is 0. The van der Waals surface area contributed by atoms with Crippen LogP contribution in [0.3, 0.4) is 0 Å². The van der Waals surface area contributed by atoms with Crippen molar-refractivity contribution in [2.24, 2.45) is 0 Å². The van der Waals surface area contributed by atoms with E-state index in [1.54, 1.807) is 4.90 Å². The molecule has 3 rings (SSSR count). The summed E-state index contributed by atoms with van der Waals surface area (Å²) in [5, 5.41) is 0. The Labute approximate surface area is 161 Å². The fraction of sp³-hybridized carbons (Fsp3) is 0.381. The van der Waals surface area contributed by atoms with Crippen molar-refractivity contribution in [1.82, 2.24) is 4.90 Å². The molecule has 1 amide bonds. The van der Waals surface area contributed by atoms with E-state index in [1.807, 2.05) is 74.4 Å². The number of rotatable bonds is 5. The summed E-state index contributed by atoms with van der Waals surface area (Å²) in [5.74, 6) is 0.0849. The molecule has 1 saturated heterocycles. The van der Waals surface area contributed by atoms with Gasteiger partial charge in [-0.2, -0.15) is 0 Å². The predicted molar refractivity (Wildman–Crippen MR) is 109 cm³/mol. The van der Waals surface area contributed by atoms with Crippen LogP contribution in [0.25, 0.3) is 0 Å². The summed E-state index contributed by atoms with van der Waals surface area (Å²) < 4.78 is 24.0. The van der Waals surface area contributed by atoms with Crippen LogP contribution < -0.4 is 4.90 Å². The van der Waals surface area contributed by atoms with Gasteiger partial charge >= 0.3 is 0 Å². The van der Waals surface area contributed by atoms with Gasteiger partial charge in [0.25, 0.3) is 5.91 Å².